The van der Waals surface area contributed by atoms with Crippen LogP contribution in [-0.4, -0.2) is 54.1 Å². The van der Waals surface area contributed by atoms with Crippen LogP contribution < -0.4 is 0 Å². The van der Waals surface area contributed by atoms with Crippen molar-refractivity contribution >= 4 is 11.9 Å². The molecule has 2 saturated heterocycles. The average Bonchev–Trinajstić information content (AvgIpc) is 2.45. The zero-order valence-corrected chi connectivity index (χ0v) is 18.8. The second kappa shape index (κ2) is 6.96. The molecule has 0 aromatic rings. The summed E-state index contributed by atoms with van der Waals surface area (Å²) in [5.74, 6) is -2.34. The standard InChI is InChI=1S/C22H38N2O4/c1-19(2)11-9-12-20(3,4)23(19)15(17(25)26)16(18(27)28)24-21(5,6)13-10-14-22(24,7)8/h9-14H2,1-8H3,(H,25,26)(H,27,28). The third-order valence-corrected chi connectivity index (χ3v) is 6.65. The predicted octanol–water partition coefficient (Wildman–Crippen LogP) is 4.45. The Balaban J connectivity index is 2.85. The van der Waals surface area contributed by atoms with Crippen LogP contribution in [0.25, 0.3) is 0 Å². The molecule has 0 aliphatic carbocycles. The Bertz CT molecular complexity index is 599. The molecule has 2 aliphatic rings. The van der Waals surface area contributed by atoms with Gasteiger partial charge in [-0.15, -0.1) is 0 Å². The molecule has 0 spiro atoms. The molecule has 0 atom stereocenters. The highest BCUT2D eigenvalue weighted by atomic mass is 16.4. The molecule has 6 nitrogen and oxygen atoms in total. The van der Waals surface area contributed by atoms with Gasteiger partial charge in [-0.2, -0.15) is 0 Å². The summed E-state index contributed by atoms with van der Waals surface area (Å²) in [7, 11) is 0. The Labute approximate surface area is 169 Å². The van der Waals surface area contributed by atoms with Crippen molar-refractivity contribution in [3.8, 4) is 0 Å². The van der Waals surface area contributed by atoms with Gasteiger partial charge in [-0.25, -0.2) is 9.59 Å². The average molecular weight is 395 g/mol. The van der Waals surface area contributed by atoms with Gasteiger partial charge in [0.1, 0.15) is 0 Å². The lowest BCUT2D eigenvalue weighted by Crippen LogP contribution is -2.63. The highest BCUT2D eigenvalue weighted by molar-refractivity contribution is 5.98. The van der Waals surface area contributed by atoms with E-state index in [-0.39, 0.29) is 11.4 Å². The molecule has 0 saturated carbocycles. The van der Waals surface area contributed by atoms with Crippen LogP contribution in [0.5, 0.6) is 0 Å². The molecule has 28 heavy (non-hydrogen) atoms. The minimum absolute atomic E-state index is 0.0785. The molecule has 2 fully saturated rings. The van der Waals surface area contributed by atoms with E-state index in [1.165, 1.54) is 0 Å². The van der Waals surface area contributed by atoms with Crippen molar-refractivity contribution < 1.29 is 19.8 Å². The smallest absolute Gasteiger partial charge is 0.354 e. The van der Waals surface area contributed by atoms with Gasteiger partial charge in [-0.1, -0.05) is 0 Å². The van der Waals surface area contributed by atoms with Crippen LogP contribution in [0.15, 0.2) is 11.4 Å². The van der Waals surface area contributed by atoms with Gasteiger partial charge < -0.3 is 20.0 Å². The van der Waals surface area contributed by atoms with Crippen LogP contribution in [0.2, 0.25) is 0 Å². The van der Waals surface area contributed by atoms with Gasteiger partial charge in [-0.05, 0) is 93.9 Å². The van der Waals surface area contributed by atoms with E-state index in [0.717, 1.165) is 38.5 Å². The van der Waals surface area contributed by atoms with Crippen molar-refractivity contribution in [2.45, 2.75) is 116 Å². The van der Waals surface area contributed by atoms with Crippen molar-refractivity contribution in [1.82, 2.24) is 9.80 Å². The molecule has 6 heteroatoms. The molecular formula is C22H38N2O4. The quantitative estimate of drug-likeness (QED) is 0.686. The van der Waals surface area contributed by atoms with Gasteiger partial charge in [0.25, 0.3) is 0 Å². The van der Waals surface area contributed by atoms with Crippen molar-refractivity contribution in [2.24, 2.45) is 0 Å². The first-order valence-corrected chi connectivity index (χ1v) is 10.4. The Morgan fingerprint density at radius 3 is 0.964 bits per heavy atom. The first-order valence-electron chi connectivity index (χ1n) is 10.4. The summed E-state index contributed by atoms with van der Waals surface area (Å²) in [6.07, 6.45) is 5.29. The van der Waals surface area contributed by atoms with Crippen molar-refractivity contribution in [2.75, 3.05) is 0 Å². The van der Waals surface area contributed by atoms with Gasteiger partial charge in [0.2, 0.25) is 0 Å². The van der Waals surface area contributed by atoms with E-state index in [2.05, 4.69) is 0 Å². The fourth-order valence-electron chi connectivity index (χ4n) is 5.81. The molecule has 0 bridgehead atoms. The van der Waals surface area contributed by atoms with Crippen LogP contribution in [0.4, 0.5) is 0 Å². The molecule has 2 rings (SSSR count). The van der Waals surface area contributed by atoms with E-state index in [1.807, 2.05) is 65.2 Å². The molecule has 0 radical (unpaired) electrons. The summed E-state index contributed by atoms with van der Waals surface area (Å²) in [5, 5.41) is 20.6. The highest BCUT2D eigenvalue weighted by Crippen LogP contribution is 2.46. The molecule has 0 aromatic carbocycles. The van der Waals surface area contributed by atoms with E-state index in [1.54, 1.807) is 0 Å². The maximum atomic E-state index is 12.6. The SMILES string of the molecule is CC1(C)CCCC(C)(C)N1C(C(=O)O)=C(C(=O)O)N1C(C)(C)CCCC1(C)C. The van der Waals surface area contributed by atoms with Crippen LogP contribution >= 0.6 is 0 Å². The molecule has 2 aliphatic heterocycles. The number of carboxylic acid groups (broad SMARTS) is 2. The second-order valence-electron chi connectivity index (χ2n) is 10.9. The van der Waals surface area contributed by atoms with Gasteiger partial charge in [0, 0.05) is 22.2 Å². The van der Waals surface area contributed by atoms with Crippen molar-refractivity contribution in [3.05, 3.63) is 11.4 Å². The summed E-state index contributed by atoms with van der Waals surface area (Å²) >= 11 is 0. The van der Waals surface area contributed by atoms with Crippen LogP contribution in [0.3, 0.4) is 0 Å². The summed E-state index contributed by atoms with van der Waals surface area (Å²) in [6, 6.07) is 0. The maximum absolute atomic E-state index is 12.6. The highest BCUT2D eigenvalue weighted by Gasteiger charge is 2.51. The van der Waals surface area contributed by atoms with E-state index < -0.39 is 34.1 Å². The topological polar surface area (TPSA) is 81.1 Å². The first kappa shape index (κ1) is 22.6. The fraction of sp³-hybridized carbons (Fsp3) is 0.818. The van der Waals surface area contributed by atoms with Gasteiger partial charge in [-0.3, -0.25) is 0 Å². The molecule has 160 valence electrons. The first-order chi connectivity index (χ1) is 12.5. The molecule has 0 amide bonds. The minimum Gasteiger partial charge on any atom is -0.477 e. The fourth-order valence-corrected chi connectivity index (χ4v) is 5.81. The number of nitrogens with zero attached hydrogens (tertiary/aromatic N) is 2. The van der Waals surface area contributed by atoms with Crippen LogP contribution in [0.1, 0.15) is 93.9 Å². The molecule has 2 N–H and O–H groups in total. The lowest BCUT2D eigenvalue weighted by Gasteiger charge is -2.58. The summed E-state index contributed by atoms with van der Waals surface area (Å²) in [5.41, 5.74) is -1.93. The molecule has 0 unspecified atom stereocenters. The van der Waals surface area contributed by atoms with Crippen LogP contribution in [-0.2, 0) is 9.59 Å². The number of hydrogen-bond donors (Lipinski definition) is 2. The van der Waals surface area contributed by atoms with Crippen LogP contribution in [0, 0.1) is 0 Å². The Hall–Kier alpha value is -1.72. The Morgan fingerprint density at radius 1 is 0.571 bits per heavy atom. The Kier molecular flexibility index (Phi) is 5.61. The van der Waals surface area contributed by atoms with Gasteiger partial charge in [0.15, 0.2) is 11.4 Å². The van der Waals surface area contributed by atoms with E-state index in [0.29, 0.717) is 0 Å². The largest absolute Gasteiger partial charge is 0.477 e. The zero-order valence-electron chi connectivity index (χ0n) is 18.8. The van der Waals surface area contributed by atoms with Crippen molar-refractivity contribution in [1.29, 1.82) is 0 Å². The third-order valence-electron chi connectivity index (χ3n) is 6.65. The maximum Gasteiger partial charge on any atom is 0.354 e. The number of piperidine rings is 2. The Morgan fingerprint density at radius 2 is 0.786 bits per heavy atom. The van der Waals surface area contributed by atoms with E-state index in [9.17, 15) is 19.8 Å². The predicted molar refractivity (Wildman–Crippen MR) is 110 cm³/mol. The number of carboxylic acids is 2. The zero-order chi connectivity index (χ0) is 21.7. The van der Waals surface area contributed by atoms with Crippen molar-refractivity contribution in [3.63, 3.8) is 0 Å². The number of aliphatic carboxylic acids is 2. The number of likely N-dealkylation sites (tertiary alicyclic amines) is 2. The van der Waals surface area contributed by atoms with Gasteiger partial charge in [0.05, 0.1) is 0 Å². The number of rotatable bonds is 4. The monoisotopic (exact) mass is 394 g/mol. The molecule has 0 aromatic heterocycles. The third kappa shape index (κ3) is 3.87. The molecule has 2 heterocycles. The molecular weight excluding hydrogens is 356 g/mol. The van der Waals surface area contributed by atoms with Gasteiger partial charge >= 0.3 is 11.9 Å². The summed E-state index contributed by atoms with van der Waals surface area (Å²) in [4.78, 5) is 28.9. The minimum atomic E-state index is -1.17. The number of carbonyl (C=O) groups is 2. The number of hydrogen-bond acceptors (Lipinski definition) is 4. The lowest BCUT2D eigenvalue weighted by atomic mass is 9.77. The normalized spacial score (nSPS) is 26.4. The van der Waals surface area contributed by atoms with E-state index in [4.69, 9.17) is 0 Å². The lowest BCUT2D eigenvalue weighted by molar-refractivity contribution is -0.144. The van der Waals surface area contributed by atoms with E-state index >= 15 is 0 Å². The summed E-state index contributed by atoms with van der Waals surface area (Å²) in [6.45, 7) is 16.1. The summed E-state index contributed by atoms with van der Waals surface area (Å²) < 4.78 is 0. The second-order valence-corrected chi connectivity index (χ2v) is 10.9.